The Bertz CT molecular complexity index is 342. The van der Waals surface area contributed by atoms with Crippen molar-refractivity contribution in [3.8, 4) is 0 Å². The fourth-order valence-corrected chi connectivity index (χ4v) is 2.17. The van der Waals surface area contributed by atoms with E-state index < -0.39 is 0 Å². The van der Waals surface area contributed by atoms with Gasteiger partial charge >= 0.3 is 0 Å². The first-order valence-corrected chi connectivity index (χ1v) is 7.22. The maximum atomic E-state index is 3.33. The molecule has 0 radical (unpaired) electrons. The van der Waals surface area contributed by atoms with Crippen LogP contribution in [0.1, 0.15) is 66.2 Å². The van der Waals surface area contributed by atoms with Crippen molar-refractivity contribution in [3.05, 3.63) is 46.6 Å². The smallest absolute Gasteiger partial charge is 0 e. The van der Waals surface area contributed by atoms with E-state index in [1.165, 1.54) is 48.0 Å². The first kappa shape index (κ1) is 18.8. The molecule has 2 aliphatic rings. The van der Waals surface area contributed by atoms with Crippen LogP contribution in [0, 0.1) is 12.2 Å². The molecule has 0 N–H and O–H groups in total. The Kier molecular flexibility index (Phi) is 10.5. The molecule has 0 aromatic heterocycles. The van der Waals surface area contributed by atoms with Gasteiger partial charge in [0.15, 0.2) is 0 Å². The van der Waals surface area contributed by atoms with E-state index >= 15 is 0 Å². The Hall–Kier alpha value is -0.170. The Labute approximate surface area is 138 Å². The molecule has 0 bridgehead atoms. The van der Waals surface area contributed by atoms with Crippen molar-refractivity contribution in [2.75, 3.05) is 0 Å². The Morgan fingerprint density at radius 1 is 0.842 bits per heavy atom. The van der Waals surface area contributed by atoms with Gasteiger partial charge in [0, 0.05) is 25.8 Å². The molecule has 0 fully saturated rings. The average molecular weight is 421 g/mol. The van der Waals surface area contributed by atoms with Gasteiger partial charge in [0.25, 0.3) is 0 Å². The molecule has 0 heterocycles. The van der Waals surface area contributed by atoms with Crippen molar-refractivity contribution in [2.24, 2.45) is 0 Å². The van der Waals surface area contributed by atoms with Crippen molar-refractivity contribution in [1.29, 1.82) is 0 Å². The summed E-state index contributed by atoms with van der Waals surface area (Å²) in [5, 5.41) is 0. The van der Waals surface area contributed by atoms with Gasteiger partial charge in [0.05, 0.1) is 0 Å². The van der Waals surface area contributed by atoms with Crippen LogP contribution < -0.4 is 0 Å². The second kappa shape index (κ2) is 10.6. The summed E-state index contributed by atoms with van der Waals surface area (Å²) in [5.74, 6) is 0. The predicted molar refractivity (Wildman–Crippen MR) is 80.1 cm³/mol. The van der Waals surface area contributed by atoms with Crippen molar-refractivity contribution in [2.45, 2.75) is 66.2 Å². The summed E-state index contributed by atoms with van der Waals surface area (Å²) >= 11 is 0. The largest absolute Gasteiger partial charge is 0.250 e. The van der Waals surface area contributed by atoms with Crippen LogP contribution in [0.4, 0.5) is 0 Å². The summed E-state index contributed by atoms with van der Waals surface area (Å²) in [7, 11) is 0. The zero-order valence-electron chi connectivity index (χ0n) is 12.9. The number of hydrogen-bond donors (Lipinski definition) is 0. The molecule has 1 heteroatoms. The first-order valence-electron chi connectivity index (χ1n) is 7.22. The van der Waals surface area contributed by atoms with Crippen molar-refractivity contribution >= 4 is 0 Å². The van der Waals surface area contributed by atoms with E-state index in [2.05, 4.69) is 52.0 Å². The monoisotopic (exact) mass is 422 g/mol. The minimum Gasteiger partial charge on any atom is -0.250 e. The summed E-state index contributed by atoms with van der Waals surface area (Å²) in [4.78, 5) is 0. The van der Waals surface area contributed by atoms with Gasteiger partial charge in [-0.2, -0.15) is 11.1 Å². The second-order valence-electron chi connectivity index (χ2n) is 5.18. The summed E-state index contributed by atoms with van der Waals surface area (Å²) in [6, 6.07) is 0. The third kappa shape index (κ3) is 7.87. The minimum atomic E-state index is 0. The molecule has 0 saturated heterocycles. The van der Waals surface area contributed by atoms with Crippen LogP contribution in [-0.2, 0) is 25.8 Å². The van der Waals surface area contributed by atoms with Crippen LogP contribution in [0.5, 0.6) is 0 Å². The van der Waals surface area contributed by atoms with Gasteiger partial charge in [0.1, 0.15) is 0 Å². The number of rotatable bonds is 4. The fraction of sp³-hybridized carbons (Fsp3) is 0.556. The molecule has 2 aliphatic carbocycles. The van der Waals surface area contributed by atoms with Crippen LogP contribution in [0.25, 0.3) is 0 Å². The van der Waals surface area contributed by atoms with Gasteiger partial charge in [-0.05, 0) is 0 Å². The Balaban J connectivity index is 0.000000324. The molecule has 0 nitrogen and oxygen atoms in total. The quantitative estimate of drug-likeness (QED) is 0.402. The maximum absolute atomic E-state index is 3.33. The van der Waals surface area contributed by atoms with E-state index in [4.69, 9.17) is 0 Å². The third-order valence-electron chi connectivity index (χ3n) is 3.10. The molecule has 104 valence electrons. The SMILES string of the molecule is CCCC1=CCC(C)=[C-]1.CCCC1=CCC(C)=[C-]1.[Hf]. The fourth-order valence-electron chi connectivity index (χ4n) is 2.17. The molecule has 2 rings (SSSR count). The van der Waals surface area contributed by atoms with Gasteiger partial charge < -0.3 is 0 Å². The van der Waals surface area contributed by atoms with Crippen LogP contribution in [0.2, 0.25) is 0 Å². The topological polar surface area (TPSA) is 0 Å². The van der Waals surface area contributed by atoms with Gasteiger partial charge in [-0.15, -0.1) is 0 Å². The average Bonchev–Trinajstić information content (AvgIpc) is 2.90. The van der Waals surface area contributed by atoms with Gasteiger partial charge in [-0.25, -0.2) is 35.5 Å². The second-order valence-corrected chi connectivity index (χ2v) is 5.18. The molecule has 0 aromatic rings. The summed E-state index contributed by atoms with van der Waals surface area (Å²) in [5.41, 5.74) is 5.60. The normalized spacial score (nSPS) is 16.6. The van der Waals surface area contributed by atoms with Crippen LogP contribution >= 0.6 is 0 Å². The van der Waals surface area contributed by atoms with E-state index in [1.807, 2.05) is 0 Å². The van der Waals surface area contributed by atoms with E-state index in [1.54, 1.807) is 0 Å². The summed E-state index contributed by atoms with van der Waals surface area (Å²) < 4.78 is 0. The maximum Gasteiger partial charge on any atom is 0 e. The molecular formula is C18H26Hf-2. The van der Waals surface area contributed by atoms with E-state index in [0.29, 0.717) is 0 Å². The van der Waals surface area contributed by atoms with Gasteiger partial charge in [-0.3, -0.25) is 0 Å². The molecule has 0 amide bonds. The number of allylic oxidation sites excluding steroid dienone is 8. The van der Waals surface area contributed by atoms with Crippen LogP contribution in [-0.4, -0.2) is 0 Å². The van der Waals surface area contributed by atoms with Gasteiger partial charge in [0.2, 0.25) is 0 Å². The predicted octanol–water partition coefficient (Wildman–Crippen LogP) is 5.73. The standard InChI is InChI=1S/2C9H13.Hf/c2*1-3-4-9-6-5-8(2)7-9;/h2*6H,3-5H2,1-2H3;/q2*-1;. The Morgan fingerprint density at radius 3 is 1.42 bits per heavy atom. The zero-order valence-corrected chi connectivity index (χ0v) is 16.5. The van der Waals surface area contributed by atoms with Crippen molar-refractivity contribution < 1.29 is 25.8 Å². The molecule has 0 unspecified atom stereocenters. The Morgan fingerprint density at radius 2 is 1.21 bits per heavy atom. The zero-order chi connectivity index (χ0) is 13.4. The summed E-state index contributed by atoms with van der Waals surface area (Å²) in [6.07, 6.45) is 18.4. The van der Waals surface area contributed by atoms with Crippen LogP contribution in [0.15, 0.2) is 34.4 Å². The minimum absolute atomic E-state index is 0. The van der Waals surface area contributed by atoms with Crippen LogP contribution in [0.3, 0.4) is 0 Å². The van der Waals surface area contributed by atoms with Gasteiger partial charge in [-0.1, -0.05) is 66.2 Å². The molecule has 19 heavy (non-hydrogen) atoms. The molecule has 0 saturated carbocycles. The first-order chi connectivity index (χ1) is 8.65. The third-order valence-corrected chi connectivity index (χ3v) is 3.10. The van der Waals surface area contributed by atoms with E-state index in [-0.39, 0.29) is 25.8 Å². The summed E-state index contributed by atoms with van der Waals surface area (Å²) in [6.45, 7) is 8.69. The van der Waals surface area contributed by atoms with Crippen molar-refractivity contribution in [1.82, 2.24) is 0 Å². The van der Waals surface area contributed by atoms with E-state index in [9.17, 15) is 0 Å². The molecule has 0 aliphatic heterocycles. The van der Waals surface area contributed by atoms with Crippen molar-refractivity contribution in [3.63, 3.8) is 0 Å². The molecule has 0 atom stereocenters. The number of hydrogen-bond acceptors (Lipinski definition) is 0. The molecule has 0 spiro atoms. The van der Waals surface area contributed by atoms with E-state index in [0.717, 1.165) is 12.8 Å². The molecule has 0 aromatic carbocycles. The molecular weight excluding hydrogens is 395 g/mol.